The zero-order valence-corrected chi connectivity index (χ0v) is 47.2. The fourth-order valence-electron chi connectivity index (χ4n) is 6.96. The third-order valence-electron chi connectivity index (χ3n) is 10.9. The summed E-state index contributed by atoms with van der Waals surface area (Å²) in [7, 11) is 2.43. The highest BCUT2D eigenvalue weighted by atomic mass is 35.5. The van der Waals surface area contributed by atoms with E-state index in [2.05, 4.69) is 84.8 Å². The number of carbonyl (C=O) groups is 2. The van der Waals surface area contributed by atoms with Crippen molar-refractivity contribution in [3.63, 3.8) is 0 Å². The largest absolute Gasteiger partial charge is 0.497 e. The maximum Gasteiger partial charge on any atom is 0.295 e. The van der Waals surface area contributed by atoms with E-state index in [1.54, 1.807) is 71.0 Å². The van der Waals surface area contributed by atoms with Crippen LogP contribution in [0.15, 0.2) is 82.6 Å². The van der Waals surface area contributed by atoms with Crippen LogP contribution in [0.1, 0.15) is 72.2 Å². The van der Waals surface area contributed by atoms with E-state index in [0.29, 0.717) is 52.4 Å². The number of nitrogens with zero attached hydrogens (tertiary/aromatic N) is 3. The number of benzene rings is 4. The summed E-state index contributed by atoms with van der Waals surface area (Å²) in [6.45, 7) is 19.2. The zero-order chi connectivity index (χ0) is 53.3. The first-order valence-electron chi connectivity index (χ1n) is 23.5. The number of carbonyl (C=O) groups excluding carboxylic acids is 2. The molecule has 3 N–H and O–H groups in total. The predicted octanol–water partition coefficient (Wildman–Crippen LogP) is 6.51. The Morgan fingerprint density at radius 2 is 0.972 bits per heavy atom. The van der Waals surface area contributed by atoms with E-state index in [1.807, 2.05) is 19.2 Å². The Hall–Kier alpha value is -4.67. The molecule has 4 rings (SSSR count). The fourth-order valence-corrected chi connectivity index (χ4v) is 10.1. The summed E-state index contributed by atoms with van der Waals surface area (Å²) in [5.74, 6) is 1.07. The van der Waals surface area contributed by atoms with Crippen LogP contribution >= 0.6 is 12.4 Å². The number of hydrogen-bond acceptors (Lipinski definition) is 14. The van der Waals surface area contributed by atoms with Crippen molar-refractivity contribution >= 4 is 44.8 Å². The Kier molecular flexibility index (Phi) is 30.1. The van der Waals surface area contributed by atoms with Gasteiger partial charge in [0.05, 0.1) is 37.2 Å². The van der Waals surface area contributed by atoms with E-state index >= 15 is 0 Å². The van der Waals surface area contributed by atoms with E-state index in [9.17, 15) is 26.4 Å². The van der Waals surface area contributed by atoms with Crippen LogP contribution in [0.3, 0.4) is 0 Å². The minimum atomic E-state index is -3.70. The van der Waals surface area contributed by atoms with Crippen LogP contribution in [0.5, 0.6) is 11.5 Å². The van der Waals surface area contributed by atoms with E-state index in [4.69, 9.17) is 18.9 Å². The van der Waals surface area contributed by atoms with Gasteiger partial charge in [0.25, 0.3) is 6.47 Å². The third kappa shape index (κ3) is 22.2. The molecular weight excluding hydrogens is 984 g/mol. The molecule has 72 heavy (non-hydrogen) atoms. The second kappa shape index (κ2) is 33.2. The van der Waals surface area contributed by atoms with Crippen LogP contribution < -0.4 is 25.4 Å². The van der Waals surface area contributed by atoms with Gasteiger partial charge in [0.15, 0.2) is 6.79 Å². The monoisotopic (exact) mass is 1060 g/mol. The lowest BCUT2D eigenvalue weighted by molar-refractivity contribution is -0.140. The van der Waals surface area contributed by atoms with Gasteiger partial charge in [0, 0.05) is 72.5 Å². The number of aryl methyl sites for hydroxylation is 4. The van der Waals surface area contributed by atoms with Crippen LogP contribution in [0.25, 0.3) is 0 Å². The number of rotatable bonds is 27. The van der Waals surface area contributed by atoms with Crippen molar-refractivity contribution in [1.29, 1.82) is 0 Å². The zero-order valence-electron chi connectivity index (χ0n) is 44.8. The van der Waals surface area contributed by atoms with Gasteiger partial charge >= 0.3 is 0 Å². The van der Waals surface area contributed by atoms with Gasteiger partial charge in [0.2, 0.25) is 26.0 Å². The maximum absolute atomic E-state index is 13.1. The Bertz CT molecular complexity index is 2410. The first-order valence-corrected chi connectivity index (χ1v) is 26.3. The van der Waals surface area contributed by atoms with Gasteiger partial charge < -0.3 is 44.5 Å². The molecule has 0 unspecified atom stereocenters. The number of likely N-dealkylation sites (N-methyl/N-ethyl adjacent to an activating group) is 3. The molecule has 0 aliphatic carbocycles. The van der Waals surface area contributed by atoms with Crippen molar-refractivity contribution in [2.45, 2.75) is 103 Å². The number of ether oxygens (including phenoxy) is 5. The predicted molar refractivity (Wildman–Crippen MR) is 287 cm³/mol. The molecule has 0 saturated carbocycles. The molecule has 0 aliphatic rings. The maximum atomic E-state index is 13.1. The SMILES string of the molecule is CNCc1ccc(CNC(C)C)cc1.COc1cc(C)c(S(=O)(=O)N(C)CCOCC(=O)N(C)Cc2ccc(CNC(C)C)cc2)c(C)c1.COc1cc(C)c(S(=O)(=O)N(C)CCOCOC=O)c(C)c1.Cl. The fraction of sp³-hybridized carbons (Fsp3) is 0.500. The Morgan fingerprint density at radius 3 is 1.32 bits per heavy atom. The van der Waals surface area contributed by atoms with Crippen molar-refractivity contribution in [3.8, 4) is 11.5 Å². The molecule has 404 valence electrons. The van der Waals surface area contributed by atoms with Gasteiger partial charge in [-0.1, -0.05) is 76.2 Å². The number of halogens is 1. The molecule has 0 radical (unpaired) electrons. The molecule has 0 spiro atoms. The average molecular weight is 1070 g/mol. The second-order valence-corrected chi connectivity index (χ2v) is 21.6. The van der Waals surface area contributed by atoms with Gasteiger partial charge in [-0.15, -0.1) is 12.4 Å². The Balaban J connectivity index is 0.000000596. The first kappa shape index (κ1) is 65.3. The molecule has 4 aromatic carbocycles. The number of hydrogen-bond donors (Lipinski definition) is 3. The molecule has 0 aromatic heterocycles. The molecule has 20 heteroatoms. The summed E-state index contributed by atoms with van der Waals surface area (Å²) in [6.07, 6.45) is 0. The van der Waals surface area contributed by atoms with Gasteiger partial charge in [0.1, 0.15) is 18.1 Å². The van der Waals surface area contributed by atoms with Crippen molar-refractivity contribution in [3.05, 3.63) is 117 Å². The highest BCUT2D eigenvalue weighted by Crippen LogP contribution is 2.29. The summed E-state index contributed by atoms with van der Waals surface area (Å²) < 4.78 is 79.1. The van der Waals surface area contributed by atoms with Crippen molar-refractivity contribution in [2.24, 2.45) is 0 Å². The lowest BCUT2D eigenvalue weighted by Crippen LogP contribution is -2.33. The number of sulfonamides is 2. The molecule has 4 aromatic rings. The minimum Gasteiger partial charge on any atom is -0.497 e. The molecule has 0 heterocycles. The second-order valence-electron chi connectivity index (χ2n) is 17.7. The number of amides is 1. The lowest BCUT2D eigenvalue weighted by Gasteiger charge is -2.21. The molecule has 0 fully saturated rings. The summed E-state index contributed by atoms with van der Waals surface area (Å²) in [6, 6.07) is 24.6. The van der Waals surface area contributed by atoms with Gasteiger partial charge in [-0.2, -0.15) is 8.61 Å². The first-order chi connectivity index (χ1) is 33.5. The summed E-state index contributed by atoms with van der Waals surface area (Å²) in [5.41, 5.74) is 7.39. The molecule has 0 atom stereocenters. The number of methoxy groups -OCH3 is 2. The van der Waals surface area contributed by atoms with E-state index in [1.165, 1.54) is 46.5 Å². The molecule has 17 nitrogen and oxygen atoms in total. The summed E-state index contributed by atoms with van der Waals surface area (Å²) >= 11 is 0. The van der Waals surface area contributed by atoms with Crippen LogP contribution in [0.4, 0.5) is 0 Å². The van der Waals surface area contributed by atoms with E-state index in [-0.39, 0.29) is 74.3 Å². The molecular formula is C52H81ClN6O11S2. The average Bonchev–Trinajstić information content (AvgIpc) is 3.31. The lowest BCUT2D eigenvalue weighted by atomic mass is 10.1. The Morgan fingerprint density at radius 1 is 0.611 bits per heavy atom. The van der Waals surface area contributed by atoms with Crippen molar-refractivity contribution < 1.29 is 50.1 Å². The van der Waals surface area contributed by atoms with Gasteiger partial charge in [-0.05, 0) is 104 Å². The van der Waals surface area contributed by atoms with Crippen LogP contribution in [0, 0.1) is 27.7 Å². The highest BCUT2D eigenvalue weighted by Gasteiger charge is 2.27. The van der Waals surface area contributed by atoms with Gasteiger partial charge in [-0.3, -0.25) is 9.59 Å². The van der Waals surface area contributed by atoms with Crippen LogP contribution in [-0.4, -0.2) is 137 Å². The molecule has 0 bridgehead atoms. The molecule has 0 saturated heterocycles. The normalized spacial score (nSPS) is 11.4. The highest BCUT2D eigenvalue weighted by molar-refractivity contribution is 7.89. The smallest absolute Gasteiger partial charge is 0.295 e. The topological polar surface area (TPSA) is 194 Å². The minimum absolute atomic E-state index is 0. The molecule has 0 aliphatic heterocycles. The van der Waals surface area contributed by atoms with E-state index < -0.39 is 20.0 Å². The quantitative estimate of drug-likeness (QED) is 0.0332. The van der Waals surface area contributed by atoms with Crippen LogP contribution in [0.2, 0.25) is 0 Å². The Labute approximate surface area is 436 Å². The van der Waals surface area contributed by atoms with E-state index in [0.717, 1.165) is 25.2 Å². The van der Waals surface area contributed by atoms with Crippen molar-refractivity contribution in [2.75, 3.05) is 82.1 Å². The third-order valence-corrected chi connectivity index (χ3v) is 15.2. The van der Waals surface area contributed by atoms with Gasteiger partial charge in [-0.25, -0.2) is 16.8 Å². The molecule has 1 amide bonds. The van der Waals surface area contributed by atoms with Crippen LogP contribution in [-0.2, 0) is 70.0 Å². The summed E-state index contributed by atoms with van der Waals surface area (Å²) in [5, 5.41) is 9.91. The van der Waals surface area contributed by atoms with Crippen molar-refractivity contribution in [1.82, 2.24) is 29.5 Å². The summed E-state index contributed by atoms with van der Waals surface area (Å²) in [4.78, 5) is 24.5. The number of nitrogens with one attached hydrogen (secondary N) is 3. The standard InChI is InChI=1S/C26H39N3O5S.C14H21NO6S.C12H20N2.ClH/c1-19(2)27-16-22-8-10-23(11-9-22)17-28(5)25(30)18-34-13-12-29(6)35(31,32)26-20(3)14-24(33-7)15-21(26)4;1-11-7-13(19-4)8-12(2)14(11)22(17,18)15(3)5-6-20-10-21-9-16;1-10(2)14-9-12-6-4-11(5-7-12)8-13-3;/h8-11,14-15,19,27H,12-13,16-18H2,1-7H3;7-9H,5-6,10H2,1-4H3;4-7,10,13-14H,8-9H2,1-3H3;1H.